The molecular weight excluding hydrogens is 361 g/mol. The number of thioether (sulfide) groups is 2. The zero-order valence-electron chi connectivity index (χ0n) is 10.0. The minimum absolute atomic E-state index is 0.0160. The summed E-state index contributed by atoms with van der Waals surface area (Å²) in [5.41, 5.74) is -1.09. The van der Waals surface area contributed by atoms with Crippen LogP contribution >= 0.6 is 39.5 Å². The van der Waals surface area contributed by atoms with Crippen molar-refractivity contribution in [1.82, 2.24) is 0 Å². The molecule has 1 aromatic rings. The Morgan fingerprint density at radius 3 is 2.21 bits per heavy atom. The predicted octanol–water partition coefficient (Wildman–Crippen LogP) is 5.13. The summed E-state index contributed by atoms with van der Waals surface area (Å²) >= 11 is 4.99. The lowest BCUT2D eigenvalue weighted by Gasteiger charge is -2.14. The summed E-state index contributed by atoms with van der Waals surface area (Å²) < 4.78 is 39.7. The molecule has 0 heterocycles. The Morgan fingerprint density at radius 2 is 1.79 bits per heavy atom. The van der Waals surface area contributed by atoms with Crippen molar-refractivity contribution in [3.8, 4) is 0 Å². The minimum Gasteiger partial charge on any atom is -0.289 e. The van der Waals surface area contributed by atoms with Crippen LogP contribution in [0.4, 0.5) is 13.2 Å². The van der Waals surface area contributed by atoms with Gasteiger partial charge in [-0.05, 0) is 24.6 Å². The Labute approximate surface area is 126 Å². The van der Waals surface area contributed by atoms with E-state index in [1.54, 1.807) is 6.07 Å². The van der Waals surface area contributed by atoms with Crippen molar-refractivity contribution in [2.45, 2.75) is 6.18 Å². The number of benzene rings is 1. The number of allylic oxidation sites excluding steroid dienone is 1. The van der Waals surface area contributed by atoms with E-state index in [4.69, 9.17) is 0 Å². The Hall–Kier alpha value is -0.400. The van der Waals surface area contributed by atoms with Crippen molar-refractivity contribution in [3.05, 3.63) is 44.1 Å². The molecule has 0 saturated heterocycles. The average Bonchev–Trinajstić information content (AvgIpc) is 2.33. The van der Waals surface area contributed by atoms with Crippen LogP contribution in [0, 0.1) is 0 Å². The van der Waals surface area contributed by atoms with Gasteiger partial charge in [0.1, 0.15) is 5.57 Å². The van der Waals surface area contributed by atoms with Gasteiger partial charge in [-0.1, -0.05) is 28.1 Å². The van der Waals surface area contributed by atoms with Gasteiger partial charge < -0.3 is 0 Å². The molecule has 0 bridgehead atoms. The lowest BCUT2D eigenvalue weighted by atomic mass is 10.0. The molecule has 0 aliphatic heterocycles. The van der Waals surface area contributed by atoms with Gasteiger partial charge in [-0.15, -0.1) is 23.5 Å². The monoisotopic (exact) mass is 370 g/mol. The van der Waals surface area contributed by atoms with Crippen molar-refractivity contribution >= 4 is 45.2 Å². The van der Waals surface area contributed by atoms with Gasteiger partial charge in [-0.3, -0.25) is 4.79 Å². The van der Waals surface area contributed by atoms with E-state index in [9.17, 15) is 18.0 Å². The molecule has 0 aliphatic rings. The molecule has 0 fully saturated rings. The predicted molar refractivity (Wildman–Crippen MR) is 78.6 cm³/mol. The molecule has 1 aromatic carbocycles. The molecule has 1 nitrogen and oxygen atoms in total. The van der Waals surface area contributed by atoms with Crippen molar-refractivity contribution in [1.29, 1.82) is 0 Å². The SMILES string of the molecule is CSC(SC)=C(C(=O)c1cccc(Br)c1)C(F)(F)F. The number of carbonyl (C=O) groups excluding carboxylic acids is 1. The molecule has 0 aromatic heterocycles. The van der Waals surface area contributed by atoms with E-state index in [0.717, 1.165) is 23.5 Å². The highest BCUT2D eigenvalue weighted by Crippen LogP contribution is 2.39. The summed E-state index contributed by atoms with van der Waals surface area (Å²) in [6.45, 7) is 0. The number of halogens is 4. The molecule has 0 N–H and O–H groups in total. The molecule has 1 rings (SSSR count). The molecule has 0 radical (unpaired) electrons. The number of rotatable bonds is 4. The fourth-order valence-electron chi connectivity index (χ4n) is 1.40. The van der Waals surface area contributed by atoms with E-state index in [2.05, 4.69) is 15.9 Å². The van der Waals surface area contributed by atoms with E-state index in [1.807, 2.05) is 0 Å². The number of carbonyl (C=O) groups is 1. The average molecular weight is 371 g/mol. The van der Waals surface area contributed by atoms with Gasteiger partial charge in [-0.2, -0.15) is 13.2 Å². The summed E-state index contributed by atoms with van der Waals surface area (Å²) in [5, 5.41) is 0. The van der Waals surface area contributed by atoms with Crippen LogP contribution in [0.1, 0.15) is 10.4 Å². The van der Waals surface area contributed by atoms with Gasteiger partial charge in [0, 0.05) is 10.0 Å². The fraction of sp³-hybridized carbons (Fsp3) is 0.250. The molecular formula is C12H10BrF3OS2. The molecule has 0 atom stereocenters. The first-order valence-electron chi connectivity index (χ1n) is 5.01. The van der Waals surface area contributed by atoms with Gasteiger partial charge in [0.25, 0.3) is 0 Å². The smallest absolute Gasteiger partial charge is 0.289 e. The van der Waals surface area contributed by atoms with Crippen molar-refractivity contribution in [2.75, 3.05) is 12.5 Å². The molecule has 0 spiro atoms. The first kappa shape index (κ1) is 16.7. The lowest BCUT2D eigenvalue weighted by molar-refractivity contribution is -0.0887. The van der Waals surface area contributed by atoms with E-state index >= 15 is 0 Å². The standard InChI is InChI=1S/C12H10BrF3OS2/c1-18-11(19-2)9(12(14,15)16)10(17)7-4-3-5-8(13)6-7/h3-6H,1-2H3. The van der Waals surface area contributed by atoms with Crippen LogP contribution in [0.5, 0.6) is 0 Å². The van der Waals surface area contributed by atoms with Crippen LogP contribution in [-0.4, -0.2) is 24.5 Å². The van der Waals surface area contributed by atoms with E-state index in [1.165, 1.54) is 30.7 Å². The second-order valence-corrected chi connectivity index (χ2v) is 6.22. The number of ketones is 1. The Bertz CT molecular complexity index is 506. The van der Waals surface area contributed by atoms with Gasteiger partial charge >= 0.3 is 6.18 Å². The third-order valence-corrected chi connectivity index (χ3v) is 4.82. The third-order valence-electron chi connectivity index (χ3n) is 2.17. The number of hydrogen-bond acceptors (Lipinski definition) is 3. The Kier molecular flexibility index (Phi) is 6.01. The number of Topliss-reactive ketones (excluding diaryl/α,β-unsaturated/α-hetero) is 1. The number of hydrogen-bond donors (Lipinski definition) is 0. The van der Waals surface area contributed by atoms with E-state index < -0.39 is 17.5 Å². The van der Waals surface area contributed by atoms with Crippen LogP contribution in [0.2, 0.25) is 0 Å². The minimum atomic E-state index is -4.67. The summed E-state index contributed by atoms with van der Waals surface area (Å²) in [5.74, 6) is -1.01. The molecule has 0 saturated carbocycles. The molecule has 0 unspecified atom stereocenters. The summed E-state index contributed by atoms with van der Waals surface area (Å²) in [7, 11) is 0. The van der Waals surface area contributed by atoms with Gasteiger partial charge in [0.05, 0.1) is 4.24 Å². The second-order valence-electron chi connectivity index (χ2n) is 3.41. The summed E-state index contributed by atoms with van der Waals surface area (Å²) in [6, 6.07) is 5.93. The maximum atomic E-state index is 13.1. The zero-order valence-corrected chi connectivity index (χ0v) is 13.3. The second kappa shape index (κ2) is 6.85. The first-order valence-corrected chi connectivity index (χ1v) is 8.25. The highest BCUT2D eigenvalue weighted by Gasteiger charge is 2.41. The Morgan fingerprint density at radius 1 is 1.21 bits per heavy atom. The molecule has 104 valence electrons. The van der Waals surface area contributed by atoms with Crippen LogP contribution in [0.15, 0.2) is 38.5 Å². The van der Waals surface area contributed by atoms with Crippen molar-refractivity contribution in [3.63, 3.8) is 0 Å². The van der Waals surface area contributed by atoms with E-state index in [0.29, 0.717) is 4.47 Å². The van der Waals surface area contributed by atoms with Crippen LogP contribution in [-0.2, 0) is 0 Å². The molecule has 0 amide bonds. The van der Waals surface area contributed by atoms with Gasteiger partial charge in [-0.25, -0.2) is 0 Å². The maximum Gasteiger partial charge on any atom is 0.421 e. The molecule has 19 heavy (non-hydrogen) atoms. The summed E-state index contributed by atoms with van der Waals surface area (Å²) in [4.78, 5) is 12.1. The van der Waals surface area contributed by atoms with Crippen molar-refractivity contribution < 1.29 is 18.0 Å². The van der Waals surface area contributed by atoms with Crippen LogP contribution in [0.25, 0.3) is 0 Å². The molecule has 0 aliphatic carbocycles. The molecule has 7 heteroatoms. The Balaban J connectivity index is 3.35. The fourth-order valence-corrected chi connectivity index (χ4v) is 3.29. The van der Waals surface area contributed by atoms with Gasteiger partial charge in [0.15, 0.2) is 5.78 Å². The van der Waals surface area contributed by atoms with Crippen LogP contribution in [0.3, 0.4) is 0 Å². The van der Waals surface area contributed by atoms with Crippen LogP contribution < -0.4 is 0 Å². The topological polar surface area (TPSA) is 17.1 Å². The van der Waals surface area contributed by atoms with Gasteiger partial charge in [0.2, 0.25) is 0 Å². The zero-order chi connectivity index (χ0) is 14.6. The third kappa shape index (κ3) is 4.29. The highest BCUT2D eigenvalue weighted by atomic mass is 79.9. The van der Waals surface area contributed by atoms with Crippen molar-refractivity contribution in [2.24, 2.45) is 0 Å². The normalized spacial score (nSPS) is 11.3. The van der Waals surface area contributed by atoms with E-state index in [-0.39, 0.29) is 9.80 Å². The highest BCUT2D eigenvalue weighted by molar-refractivity contribution is 9.10. The lowest BCUT2D eigenvalue weighted by Crippen LogP contribution is -2.21. The number of alkyl halides is 3. The first-order chi connectivity index (χ1) is 8.81. The maximum absolute atomic E-state index is 13.1. The summed E-state index contributed by atoms with van der Waals surface area (Å²) in [6.07, 6.45) is -1.63. The quantitative estimate of drug-likeness (QED) is 0.540. The largest absolute Gasteiger partial charge is 0.421 e.